The summed E-state index contributed by atoms with van der Waals surface area (Å²) in [5.41, 5.74) is 2.24. The van der Waals surface area contributed by atoms with Gasteiger partial charge in [-0.05, 0) is 49.2 Å². The third-order valence-corrected chi connectivity index (χ3v) is 5.47. The molecular formula is C18H23ClN2O2S. The van der Waals surface area contributed by atoms with E-state index in [1.165, 1.54) is 0 Å². The molecule has 3 rings (SSSR count). The molecule has 0 aliphatic carbocycles. The van der Waals surface area contributed by atoms with Gasteiger partial charge in [-0.25, -0.2) is 0 Å². The second-order valence-corrected chi connectivity index (χ2v) is 7.13. The second kappa shape index (κ2) is 8.01. The Balaban J connectivity index is 0.00000208. The Morgan fingerprint density at radius 2 is 2.04 bits per heavy atom. The summed E-state index contributed by atoms with van der Waals surface area (Å²) in [7, 11) is 3.57. The molecule has 1 unspecified atom stereocenters. The van der Waals surface area contributed by atoms with E-state index in [0.29, 0.717) is 6.04 Å². The van der Waals surface area contributed by atoms with Crippen LogP contribution in [-0.4, -0.2) is 44.1 Å². The number of nitrogens with one attached hydrogen (secondary N) is 1. The number of rotatable bonds is 4. The van der Waals surface area contributed by atoms with Gasteiger partial charge in [0.2, 0.25) is 0 Å². The fourth-order valence-electron chi connectivity index (χ4n) is 2.95. The molecule has 1 aromatic heterocycles. The summed E-state index contributed by atoms with van der Waals surface area (Å²) in [4.78, 5) is 16.6. The van der Waals surface area contributed by atoms with E-state index in [9.17, 15) is 4.79 Å². The third-order valence-electron chi connectivity index (χ3n) is 4.43. The molecule has 1 N–H and O–H groups in total. The molecule has 4 nitrogen and oxygen atoms in total. The van der Waals surface area contributed by atoms with Crippen LogP contribution < -0.4 is 10.1 Å². The van der Waals surface area contributed by atoms with Gasteiger partial charge >= 0.3 is 0 Å². The molecule has 1 atom stereocenters. The normalized spacial score (nSPS) is 16.5. The topological polar surface area (TPSA) is 41.6 Å². The number of carbonyl (C=O) groups excluding carboxylic acids is 1. The van der Waals surface area contributed by atoms with Crippen LogP contribution in [0.1, 0.15) is 21.0 Å². The maximum absolute atomic E-state index is 12.7. The molecule has 0 radical (unpaired) electrons. The quantitative estimate of drug-likeness (QED) is 0.899. The summed E-state index contributed by atoms with van der Waals surface area (Å²) < 4.78 is 5.20. The highest BCUT2D eigenvalue weighted by molar-refractivity contribution is 7.14. The molecule has 1 fully saturated rings. The van der Waals surface area contributed by atoms with Crippen LogP contribution in [0.5, 0.6) is 5.75 Å². The first kappa shape index (κ1) is 18.8. The fourth-order valence-corrected chi connectivity index (χ4v) is 3.98. The largest absolute Gasteiger partial charge is 0.497 e. The van der Waals surface area contributed by atoms with Gasteiger partial charge in [0, 0.05) is 24.5 Å². The highest BCUT2D eigenvalue weighted by Gasteiger charge is 2.25. The van der Waals surface area contributed by atoms with E-state index in [1.54, 1.807) is 18.4 Å². The smallest absolute Gasteiger partial charge is 0.263 e. The molecule has 1 aliphatic rings. The van der Waals surface area contributed by atoms with Crippen molar-refractivity contribution in [3.8, 4) is 16.9 Å². The SMILES string of the molecule is COc1ccc(-c2cc(C(=O)N(C)C3CCNC3)sc2C)cc1.Cl. The number of amides is 1. The summed E-state index contributed by atoms with van der Waals surface area (Å²) >= 11 is 1.57. The Morgan fingerprint density at radius 1 is 1.33 bits per heavy atom. The van der Waals surface area contributed by atoms with Gasteiger partial charge in [0.05, 0.1) is 12.0 Å². The Bertz CT molecular complexity index is 694. The zero-order valence-corrected chi connectivity index (χ0v) is 15.8. The van der Waals surface area contributed by atoms with Gasteiger partial charge in [-0.3, -0.25) is 4.79 Å². The highest BCUT2D eigenvalue weighted by Crippen LogP contribution is 2.32. The van der Waals surface area contributed by atoms with E-state index in [4.69, 9.17) is 4.74 Å². The van der Waals surface area contributed by atoms with Gasteiger partial charge in [0.15, 0.2) is 0 Å². The van der Waals surface area contributed by atoms with Gasteiger partial charge in [-0.1, -0.05) is 12.1 Å². The molecule has 6 heteroatoms. The van der Waals surface area contributed by atoms with E-state index < -0.39 is 0 Å². The minimum Gasteiger partial charge on any atom is -0.497 e. The molecule has 0 spiro atoms. The van der Waals surface area contributed by atoms with Crippen molar-refractivity contribution in [1.29, 1.82) is 0 Å². The number of carbonyl (C=O) groups is 1. The molecule has 2 heterocycles. The minimum absolute atomic E-state index is 0. The number of hydrogen-bond acceptors (Lipinski definition) is 4. The maximum Gasteiger partial charge on any atom is 0.263 e. The zero-order chi connectivity index (χ0) is 16.4. The Morgan fingerprint density at radius 3 is 2.62 bits per heavy atom. The average molecular weight is 367 g/mol. The average Bonchev–Trinajstić information content (AvgIpc) is 3.23. The lowest BCUT2D eigenvalue weighted by atomic mass is 10.1. The number of benzene rings is 1. The number of ether oxygens (including phenoxy) is 1. The van der Waals surface area contributed by atoms with Crippen molar-refractivity contribution >= 4 is 29.7 Å². The van der Waals surface area contributed by atoms with Crippen LogP contribution in [0.4, 0.5) is 0 Å². The lowest BCUT2D eigenvalue weighted by Gasteiger charge is -2.23. The van der Waals surface area contributed by atoms with Crippen LogP contribution in [0.2, 0.25) is 0 Å². The van der Waals surface area contributed by atoms with E-state index in [0.717, 1.165) is 46.1 Å². The molecule has 24 heavy (non-hydrogen) atoms. The number of halogens is 1. The van der Waals surface area contributed by atoms with Crippen molar-refractivity contribution in [1.82, 2.24) is 10.2 Å². The Labute approximate surface area is 153 Å². The number of hydrogen-bond donors (Lipinski definition) is 1. The molecule has 1 aromatic carbocycles. The lowest BCUT2D eigenvalue weighted by molar-refractivity contribution is 0.0748. The van der Waals surface area contributed by atoms with Crippen LogP contribution in [-0.2, 0) is 0 Å². The van der Waals surface area contributed by atoms with Gasteiger partial charge in [0.25, 0.3) is 5.91 Å². The monoisotopic (exact) mass is 366 g/mol. The fraction of sp³-hybridized carbons (Fsp3) is 0.389. The third kappa shape index (κ3) is 3.74. The second-order valence-electron chi connectivity index (χ2n) is 5.87. The highest BCUT2D eigenvalue weighted by atomic mass is 35.5. The van der Waals surface area contributed by atoms with Crippen molar-refractivity contribution < 1.29 is 9.53 Å². The van der Waals surface area contributed by atoms with E-state index in [2.05, 4.69) is 12.2 Å². The summed E-state index contributed by atoms with van der Waals surface area (Å²) in [5, 5.41) is 3.31. The van der Waals surface area contributed by atoms with Crippen molar-refractivity contribution in [3.05, 3.63) is 40.1 Å². The molecule has 1 aliphatic heterocycles. The first-order chi connectivity index (χ1) is 11.1. The van der Waals surface area contributed by atoms with Crippen LogP contribution in [0.25, 0.3) is 11.1 Å². The van der Waals surface area contributed by atoms with E-state index >= 15 is 0 Å². The Hall–Kier alpha value is -1.56. The first-order valence-electron chi connectivity index (χ1n) is 7.83. The number of nitrogens with zero attached hydrogens (tertiary/aromatic N) is 1. The summed E-state index contributed by atoms with van der Waals surface area (Å²) in [6.45, 7) is 3.94. The van der Waals surface area contributed by atoms with E-state index in [-0.39, 0.29) is 18.3 Å². The summed E-state index contributed by atoms with van der Waals surface area (Å²) in [5.74, 6) is 0.956. The summed E-state index contributed by atoms with van der Waals surface area (Å²) in [6, 6.07) is 10.3. The summed E-state index contributed by atoms with van der Waals surface area (Å²) in [6.07, 6.45) is 1.03. The number of likely N-dealkylation sites (N-methyl/N-ethyl adjacent to an activating group) is 1. The molecular weight excluding hydrogens is 344 g/mol. The minimum atomic E-state index is 0. The maximum atomic E-state index is 12.7. The lowest BCUT2D eigenvalue weighted by Crippen LogP contribution is -2.37. The zero-order valence-electron chi connectivity index (χ0n) is 14.2. The van der Waals surface area contributed by atoms with Gasteiger partial charge in [-0.15, -0.1) is 23.7 Å². The number of aryl methyl sites for hydroxylation is 1. The van der Waals surface area contributed by atoms with Crippen molar-refractivity contribution in [2.75, 3.05) is 27.2 Å². The van der Waals surface area contributed by atoms with Gasteiger partial charge < -0.3 is 15.0 Å². The number of thiophene rings is 1. The molecule has 0 bridgehead atoms. The van der Waals surface area contributed by atoms with Gasteiger partial charge in [0.1, 0.15) is 5.75 Å². The first-order valence-corrected chi connectivity index (χ1v) is 8.64. The molecule has 1 saturated heterocycles. The molecule has 0 saturated carbocycles. The van der Waals surface area contributed by atoms with Crippen LogP contribution >= 0.6 is 23.7 Å². The van der Waals surface area contributed by atoms with Crippen LogP contribution in [0.3, 0.4) is 0 Å². The predicted molar refractivity (Wildman–Crippen MR) is 102 cm³/mol. The predicted octanol–water partition coefficient (Wildman–Crippen LogP) is 3.59. The molecule has 2 aromatic rings. The Kier molecular flexibility index (Phi) is 6.27. The van der Waals surface area contributed by atoms with E-state index in [1.807, 2.05) is 42.3 Å². The van der Waals surface area contributed by atoms with Gasteiger partial charge in [-0.2, -0.15) is 0 Å². The molecule has 130 valence electrons. The van der Waals surface area contributed by atoms with Crippen molar-refractivity contribution in [2.45, 2.75) is 19.4 Å². The molecule has 1 amide bonds. The standard InChI is InChI=1S/C18H22N2O2S.ClH/c1-12-16(13-4-6-15(22-3)7-5-13)10-17(23-12)18(21)20(2)14-8-9-19-11-14;/h4-7,10,14,19H,8-9,11H2,1-3H3;1H. The van der Waals surface area contributed by atoms with Crippen molar-refractivity contribution in [2.24, 2.45) is 0 Å². The van der Waals surface area contributed by atoms with Crippen molar-refractivity contribution in [3.63, 3.8) is 0 Å². The number of methoxy groups -OCH3 is 1. The van der Waals surface area contributed by atoms with Crippen LogP contribution in [0, 0.1) is 6.92 Å². The van der Waals surface area contributed by atoms with Crippen LogP contribution in [0.15, 0.2) is 30.3 Å².